The second-order valence-electron chi connectivity index (χ2n) is 7.95. The second kappa shape index (κ2) is 8.08. The predicted octanol–water partition coefficient (Wildman–Crippen LogP) is 3.52. The van der Waals surface area contributed by atoms with E-state index >= 15 is 0 Å². The predicted molar refractivity (Wildman–Crippen MR) is 110 cm³/mol. The van der Waals surface area contributed by atoms with E-state index in [1.165, 1.54) is 29.3 Å². The number of amides is 1. The summed E-state index contributed by atoms with van der Waals surface area (Å²) in [6.45, 7) is 3.26. The van der Waals surface area contributed by atoms with Crippen molar-refractivity contribution in [2.75, 3.05) is 5.32 Å². The molecule has 32 heavy (non-hydrogen) atoms. The summed E-state index contributed by atoms with van der Waals surface area (Å²) in [6, 6.07) is 3.17. The molecule has 11 heteroatoms. The van der Waals surface area contributed by atoms with Gasteiger partial charge >= 0.3 is 0 Å². The van der Waals surface area contributed by atoms with Gasteiger partial charge in [0, 0.05) is 23.7 Å². The third-order valence-electron chi connectivity index (χ3n) is 4.84. The number of H-pyrrole nitrogens is 1. The average molecular weight is 444 g/mol. The third kappa shape index (κ3) is 4.47. The van der Waals surface area contributed by atoms with Crippen LogP contribution in [0.2, 0.25) is 0 Å². The van der Waals surface area contributed by atoms with Crippen LogP contribution in [0.15, 0.2) is 36.8 Å². The van der Waals surface area contributed by atoms with E-state index in [2.05, 4.69) is 25.6 Å². The van der Waals surface area contributed by atoms with Gasteiger partial charge in [0.15, 0.2) is 17.3 Å². The molecule has 4 rings (SSSR count). The maximum Gasteiger partial charge on any atom is 0.277 e. The summed E-state index contributed by atoms with van der Waals surface area (Å²) >= 11 is 0. The van der Waals surface area contributed by atoms with Crippen molar-refractivity contribution in [3.8, 4) is 5.69 Å². The number of rotatable bonds is 6. The van der Waals surface area contributed by atoms with Crippen LogP contribution in [0.5, 0.6) is 0 Å². The van der Waals surface area contributed by atoms with E-state index < -0.39 is 29.0 Å². The normalized spacial score (nSPS) is 11.8. The summed E-state index contributed by atoms with van der Waals surface area (Å²) in [5.74, 6) is -3.26. The van der Waals surface area contributed by atoms with Crippen molar-refractivity contribution in [1.29, 1.82) is 0 Å². The minimum Gasteiger partial charge on any atom is -0.390 e. The molecule has 0 spiro atoms. The third-order valence-corrected chi connectivity index (χ3v) is 4.84. The molecule has 0 saturated carbocycles. The maximum atomic E-state index is 14.4. The molecular formula is C21H19F3N6O2. The molecule has 0 unspecified atom stereocenters. The smallest absolute Gasteiger partial charge is 0.277 e. The molecule has 0 aliphatic carbocycles. The number of aryl methyl sites for hydroxylation is 1. The van der Waals surface area contributed by atoms with Gasteiger partial charge in [0.05, 0.1) is 40.6 Å². The number of anilines is 1. The van der Waals surface area contributed by atoms with Gasteiger partial charge in [-0.25, -0.2) is 17.9 Å². The average Bonchev–Trinajstić information content (AvgIpc) is 3.35. The van der Waals surface area contributed by atoms with Crippen molar-refractivity contribution >= 4 is 22.5 Å². The highest BCUT2D eigenvalue weighted by Crippen LogP contribution is 2.26. The molecule has 0 saturated heterocycles. The van der Waals surface area contributed by atoms with Gasteiger partial charge < -0.3 is 15.4 Å². The van der Waals surface area contributed by atoms with Crippen LogP contribution in [0.1, 0.15) is 36.5 Å². The van der Waals surface area contributed by atoms with Gasteiger partial charge in [-0.2, -0.15) is 0 Å². The van der Waals surface area contributed by atoms with Crippen molar-refractivity contribution in [3.05, 3.63) is 65.6 Å². The zero-order valence-corrected chi connectivity index (χ0v) is 17.2. The molecule has 0 aliphatic rings. The molecule has 4 aromatic rings. The zero-order valence-electron chi connectivity index (χ0n) is 17.2. The monoisotopic (exact) mass is 444 g/mol. The van der Waals surface area contributed by atoms with E-state index in [1.807, 2.05) is 0 Å². The van der Waals surface area contributed by atoms with Crippen molar-refractivity contribution in [2.45, 2.75) is 32.3 Å². The van der Waals surface area contributed by atoms with E-state index in [-0.39, 0.29) is 34.6 Å². The first-order valence-electron chi connectivity index (χ1n) is 9.68. The molecule has 166 valence electrons. The van der Waals surface area contributed by atoms with E-state index in [1.54, 1.807) is 13.8 Å². The molecule has 8 nitrogen and oxygen atoms in total. The number of carbonyl (C=O) groups excluding carboxylic acids is 1. The molecule has 0 atom stereocenters. The lowest BCUT2D eigenvalue weighted by Crippen LogP contribution is -2.19. The Morgan fingerprint density at radius 2 is 1.94 bits per heavy atom. The number of nitrogens with one attached hydrogen (secondary N) is 2. The number of halogens is 3. The number of benzene rings is 1. The molecular weight excluding hydrogens is 425 g/mol. The van der Waals surface area contributed by atoms with Crippen LogP contribution >= 0.6 is 0 Å². The number of aromatic nitrogens is 5. The Morgan fingerprint density at radius 1 is 1.19 bits per heavy atom. The van der Waals surface area contributed by atoms with Gasteiger partial charge in [0.1, 0.15) is 5.82 Å². The van der Waals surface area contributed by atoms with E-state index in [0.29, 0.717) is 11.9 Å². The summed E-state index contributed by atoms with van der Waals surface area (Å²) < 4.78 is 42.5. The Labute approximate surface area is 180 Å². The van der Waals surface area contributed by atoms with Crippen LogP contribution in [-0.2, 0) is 6.42 Å². The van der Waals surface area contributed by atoms with Crippen molar-refractivity contribution in [2.24, 2.45) is 0 Å². The summed E-state index contributed by atoms with van der Waals surface area (Å²) in [5, 5.41) is 20.2. The van der Waals surface area contributed by atoms with Crippen LogP contribution < -0.4 is 5.32 Å². The van der Waals surface area contributed by atoms with Crippen molar-refractivity contribution in [3.63, 3.8) is 0 Å². The van der Waals surface area contributed by atoms with Crippen LogP contribution in [0.4, 0.5) is 18.9 Å². The standard InChI is InChI=1S/C21H19F3N6O2/c1-21(2,32)4-3-16-15(24)5-11(8-25-16)30-10-19(28-29-30)20(31)27-18-9-26-17-7-14(23)13(22)6-12(17)18/h5-10,26,32H,3-4H2,1-2H3,(H,27,31). The fraction of sp³-hybridized carbons (Fsp3) is 0.238. The molecule has 0 radical (unpaired) electrons. The number of hydrogen-bond acceptors (Lipinski definition) is 5. The Balaban J connectivity index is 1.51. The molecule has 0 fully saturated rings. The largest absolute Gasteiger partial charge is 0.390 e. The fourth-order valence-corrected chi connectivity index (χ4v) is 3.09. The number of nitrogens with zero attached hydrogens (tertiary/aromatic N) is 4. The van der Waals surface area contributed by atoms with Crippen LogP contribution in [-0.4, -0.2) is 41.6 Å². The van der Waals surface area contributed by atoms with E-state index in [9.17, 15) is 23.1 Å². The quantitative estimate of drug-likeness (QED) is 0.422. The fourth-order valence-electron chi connectivity index (χ4n) is 3.09. The lowest BCUT2D eigenvalue weighted by molar-refractivity contribution is 0.0708. The molecule has 3 aromatic heterocycles. The molecule has 0 bridgehead atoms. The minimum absolute atomic E-state index is 0.0755. The number of aromatic amines is 1. The summed E-state index contributed by atoms with van der Waals surface area (Å²) in [6.07, 6.45) is 4.68. The van der Waals surface area contributed by atoms with Crippen molar-refractivity contribution < 1.29 is 23.1 Å². The number of aliphatic hydroxyl groups is 1. The Morgan fingerprint density at radius 3 is 2.66 bits per heavy atom. The first kappa shape index (κ1) is 21.5. The molecule has 3 N–H and O–H groups in total. The molecule has 1 amide bonds. The number of hydrogen-bond donors (Lipinski definition) is 3. The number of pyridine rings is 1. The van der Waals surface area contributed by atoms with Gasteiger partial charge in [-0.05, 0) is 32.8 Å². The van der Waals surface area contributed by atoms with E-state index in [4.69, 9.17) is 0 Å². The molecule has 1 aromatic carbocycles. The SMILES string of the molecule is CC(C)(O)CCc1ncc(-n2cc(C(=O)Nc3c[nH]c4cc(F)c(F)cc34)nn2)cc1F. The highest BCUT2D eigenvalue weighted by Gasteiger charge is 2.18. The molecule has 3 heterocycles. The van der Waals surface area contributed by atoms with Crippen LogP contribution in [0, 0.1) is 17.5 Å². The second-order valence-corrected chi connectivity index (χ2v) is 7.95. The van der Waals surface area contributed by atoms with Crippen LogP contribution in [0.3, 0.4) is 0 Å². The number of fused-ring (bicyclic) bond motifs is 1. The lowest BCUT2D eigenvalue weighted by Gasteiger charge is -2.16. The zero-order chi connectivity index (χ0) is 23.0. The Bertz CT molecular complexity index is 1310. The summed E-state index contributed by atoms with van der Waals surface area (Å²) in [7, 11) is 0. The highest BCUT2D eigenvalue weighted by atomic mass is 19.2. The molecule has 0 aliphatic heterocycles. The first-order valence-corrected chi connectivity index (χ1v) is 9.68. The minimum atomic E-state index is -1.04. The Kier molecular flexibility index (Phi) is 5.43. The number of carbonyl (C=O) groups is 1. The van der Waals surface area contributed by atoms with Gasteiger partial charge in [-0.3, -0.25) is 9.78 Å². The van der Waals surface area contributed by atoms with Gasteiger partial charge in [0.2, 0.25) is 0 Å². The topological polar surface area (TPSA) is 109 Å². The first-order chi connectivity index (χ1) is 15.1. The van der Waals surface area contributed by atoms with E-state index in [0.717, 1.165) is 12.1 Å². The summed E-state index contributed by atoms with van der Waals surface area (Å²) in [5.41, 5.74) is -0.00130. The Hall–Kier alpha value is -3.73. The lowest BCUT2D eigenvalue weighted by atomic mass is 10.0. The highest BCUT2D eigenvalue weighted by molar-refractivity contribution is 6.07. The van der Waals surface area contributed by atoms with Crippen molar-refractivity contribution in [1.82, 2.24) is 25.0 Å². The van der Waals surface area contributed by atoms with Gasteiger partial charge in [-0.15, -0.1) is 5.10 Å². The summed E-state index contributed by atoms with van der Waals surface area (Å²) in [4.78, 5) is 19.4. The van der Waals surface area contributed by atoms with Gasteiger partial charge in [-0.1, -0.05) is 5.21 Å². The van der Waals surface area contributed by atoms with Crippen LogP contribution in [0.25, 0.3) is 16.6 Å². The van der Waals surface area contributed by atoms with Gasteiger partial charge in [0.25, 0.3) is 5.91 Å². The maximum absolute atomic E-state index is 14.4.